The molecule has 3 rings (SSSR count). The van der Waals surface area contributed by atoms with Crippen LogP contribution in [0.3, 0.4) is 0 Å². The summed E-state index contributed by atoms with van der Waals surface area (Å²) in [6, 6.07) is 6.17. The smallest absolute Gasteiger partial charge is 0.128 e. The summed E-state index contributed by atoms with van der Waals surface area (Å²) in [7, 11) is 0. The van der Waals surface area contributed by atoms with Crippen molar-refractivity contribution in [1.82, 2.24) is 10.3 Å². The van der Waals surface area contributed by atoms with Crippen LogP contribution in [-0.4, -0.2) is 23.2 Å². The Balaban J connectivity index is 1.89. The highest BCUT2D eigenvalue weighted by Crippen LogP contribution is 2.32. The van der Waals surface area contributed by atoms with Crippen LogP contribution in [0.4, 0.5) is 0 Å². The number of aromatic hydroxyl groups is 1. The van der Waals surface area contributed by atoms with Crippen LogP contribution in [0.15, 0.2) is 18.2 Å². The SMILES string of the molecule is Cc1cc2c(O)c(CC3CCNCC3)ccc2[nH]1. The highest BCUT2D eigenvalue weighted by atomic mass is 16.3. The number of hydrogen-bond acceptors (Lipinski definition) is 2. The number of nitrogens with one attached hydrogen (secondary N) is 2. The number of aromatic nitrogens is 1. The van der Waals surface area contributed by atoms with Gasteiger partial charge in [0, 0.05) is 16.6 Å². The van der Waals surface area contributed by atoms with E-state index >= 15 is 0 Å². The second kappa shape index (κ2) is 4.65. The summed E-state index contributed by atoms with van der Waals surface area (Å²) in [5.74, 6) is 1.17. The minimum absolute atomic E-state index is 0.468. The van der Waals surface area contributed by atoms with Crippen molar-refractivity contribution in [3.63, 3.8) is 0 Å². The molecule has 0 amide bonds. The van der Waals surface area contributed by atoms with Crippen molar-refractivity contribution in [2.45, 2.75) is 26.2 Å². The number of hydrogen-bond donors (Lipinski definition) is 3. The van der Waals surface area contributed by atoms with E-state index in [1.165, 1.54) is 12.8 Å². The molecule has 0 saturated carbocycles. The molecular formula is C15H20N2O. The fourth-order valence-electron chi connectivity index (χ4n) is 2.93. The van der Waals surface area contributed by atoms with E-state index in [-0.39, 0.29) is 0 Å². The average molecular weight is 244 g/mol. The Labute approximate surface area is 107 Å². The van der Waals surface area contributed by atoms with Crippen LogP contribution in [0.1, 0.15) is 24.1 Å². The largest absolute Gasteiger partial charge is 0.507 e. The maximum atomic E-state index is 10.4. The number of phenolic OH excluding ortho intramolecular Hbond substituents is 1. The van der Waals surface area contributed by atoms with E-state index in [0.717, 1.165) is 41.7 Å². The van der Waals surface area contributed by atoms with E-state index in [2.05, 4.69) is 22.4 Å². The molecule has 3 heteroatoms. The minimum atomic E-state index is 0.468. The van der Waals surface area contributed by atoms with Crippen LogP contribution in [0.25, 0.3) is 10.9 Å². The van der Waals surface area contributed by atoms with Gasteiger partial charge in [0.2, 0.25) is 0 Å². The third kappa shape index (κ3) is 2.10. The van der Waals surface area contributed by atoms with Crippen LogP contribution in [0, 0.1) is 12.8 Å². The number of fused-ring (bicyclic) bond motifs is 1. The van der Waals surface area contributed by atoms with Gasteiger partial charge in [-0.15, -0.1) is 0 Å². The molecule has 0 bridgehead atoms. The van der Waals surface area contributed by atoms with Gasteiger partial charge >= 0.3 is 0 Å². The molecule has 96 valence electrons. The zero-order valence-corrected chi connectivity index (χ0v) is 10.8. The number of phenols is 1. The molecule has 3 N–H and O–H groups in total. The first-order chi connectivity index (χ1) is 8.74. The molecule has 0 aliphatic carbocycles. The molecule has 1 saturated heterocycles. The number of aromatic amines is 1. The molecule has 2 heterocycles. The number of aryl methyl sites for hydroxylation is 1. The molecule has 1 aromatic carbocycles. The van der Waals surface area contributed by atoms with Gasteiger partial charge in [0.25, 0.3) is 0 Å². The van der Waals surface area contributed by atoms with Gasteiger partial charge in [0.1, 0.15) is 5.75 Å². The predicted octanol–water partition coefficient (Wildman–Crippen LogP) is 2.72. The van der Waals surface area contributed by atoms with E-state index < -0.39 is 0 Å². The maximum Gasteiger partial charge on any atom is 0.128 e. The van der Waals surface area contributed by atoms with Crippen LogP contribution in [-0.2, 0) is 6.42 Å². The molecule has 3 nitrogen and oxygen atoms in total. The Morgan fingerprint density at radius 2 is 2.06 bits per heavy atom. The minimum Gasteiger partial charge on any atom is -0.507 e. The summed E-state index contributed by atoms with van der Waals surface area (Å²) in [5, 5.41) is 14.7. The highest BCUT2D eigenvalue weighted by Gasteiger charge is 2.16. The Hall–Kier alpha value is -1.48. The Kier molecular flexibility index (Phi) is 3.00. The topological polar surface area (TPSA) is 48.0 Å². The molecule has 0 atom stereocenters. The molecule has 1 aliphatic heterocycles. The van der Waals surface area contributed by atoms with Crippen LogP contribution in [0.2, 0.25) is 0 Å². The molecule has 0 radical (unpaired) electrons. The first-order valence-electron chi connectivity index (χ1n) is 6.75. The van der Waals surface area contributed by atoms with Crippen molar-refractivity contribution >= 4 is 10.9 Å². The summed E-state index contributed by atoms with van der Waals surface area (Å²) in [6.07, 6.45) is 3.42. The quantitative estimate of drug-likeness (QED) is 0.760. The van der Waals surface area contributed by atoms with Crippen molar-refractivity contribution in [1.29, 1.82) is 0 Å². The zero-order valence-electron chi connectivity index (χ0n) is 10.8. The summed E-state index contributed by atoms with van der Waals surface area (Å²) < 4.78 is 0. The number of H-pyrrole nitrogens is 1. The second-order valence-electron chi connectivity index (χ2n) is 5.38. The van der Waals surface area contributed by atoms with Crippen molar-refractivity contribution in [3.8, 4) is 5.75 Å². The summed E-state index contributed by atoms with van der Waals surface area (Å²) in [4.78, 5) is 3.26. The van der Waals surface area contributed by atoms with Gasteiger partial charge in [-0.25, -0.2) is 0 Å². The molecule has 1 fully saturated rings. The van der Waals surface area contributed by atoms with Crippen molar-refractivity contribution in [2.75, 3.05) is 13.1 Å². The van der Waals surface area contributed by atoms with Crippen LogP contribution in [0.5, 0.6) is 5.75 Å². The standard InChI is InChI=1S/C15H20N2O/c1-10-8-13-14(17-10)3-2-12(15(13)18)9-11-4-6-16-7-5-11/h2-3,8,11,16-18H,4-7,9H2,1H3. The molecule has 1 aromatic heterocycles. The van der Waals surface area contributed by atoms with E-state index in [1.807, 2.05) is 13.0 Å². The van der Waals surface area contributed by atoms with E-state index in [9.17, 15) is 5.11 Å². The molecule has 18 heavy (non-hydrogen) atoms. The first kappa shape index (κ1) is 11.6. The first-order valence-corrected chi connectivity index (χ1v) is 6.75. The summed E-state index contributed by atoms with van der Waals surface area (Å²) in [6.45, 7) is 4.24. The van der Waals surface area contributed by atoms with Gasteiger partial charge in [0.05, 0.1) is 0 Å². The van der Waals surface area contributed by atoms with Gasteiger partial charge in [-0.3, -0.25) is 0 Å². The summed E-state index contributed by atoms with van der Waals surface area (Å²) in [5.41, 5.74) is 3.21. The predicted molar refractivity (Wildman–Crippen MR) is 74.0 cm³/mol. The van der Waals surface area contributed by atoms with Gasteiger partial charge in [-0.1, -0.05) is 6.07 Å². The fraction of sp³-hybridized carbons (Fsp3) is 0.467. The molecule has 2 aromatic rings. The second-order valence-corrected chi connectivity index (χ2v) is 5.38. The fourth-order valence-corrected chi connectivity index (χ4v) is 2.93. The third-order valence-corrected chi connectivity index (χ3v) is 3.96. The lowest BCUT2D eigenvalue weighted by Gasteiger charge is -2.22. The molecular weight excluding hydrogens is 224 g/mol. The lowest BCUT2D eigenvalue weighted by Crippen LogP contribution is -2.28. The van der Waals surface area contributed by atoms with Crippen LogP contribution >= 0.6 is 0 Å². The van der Waals surface area contributed by atoms with Crippen molar-refractivity contribution < 1.29 is 5.11 Å². The van der Waals surface area contributed by atoms with Crippen molar-refractivity contribution in [2.24, 2.45) is 5.92 Å². The number of piperidine rings is 1. The Morgan fingerprint density at radius 1 is 1.28 bits per heavy atom. The summed E-state index contributed by atoms with van der Waals surface area (Å²) >= 11 is 0. The Bertz CT molecular complexity index is 553. The van der Waals surface area contributed by atoms with Gasteiger partial charge in [0.15, 0.2) is 0 Å². The van der Waals surface area contributed by atoms with E-state index in [1.54, 1.807) is 0 Å². The normalized spacial score (nSPS) is 17.4. The molecule has 0 spiro atoms. The number of benzene rings is 1. The van der Waals surface area contributed by atoms with Gasteiger partial charge in [-0.05, 0) is 62.9 Å². The van der Waals surface area contributed by atoms with Crippen molar-refractivity contribution in [3.05, 3.63) is 29.5 Å². The van der Waals surface area contributed by atoms with E-state index in [0.29, 0.717) is 11.7 Å². The third-order valence-electron chi connectivity index (χ3n) is 3.96. The van der Waals surface area contributed by atoms with Crippen LogP contribution < -0.4 is 5.32 Å². The van der Waals surface area contributed by atoms with Gasteiger partial charge in [-0.2, -0.15) is 0 Å². The Morgan fingerprint density at radius 3 is 2.83 bits per heavy atom. The maximum absolute atomic E-state index is 10.4. The zero-order chi connectivity index (χ0) is 12.5. The van der Waals surface area contributed by atoms with Gasteiger partial charge < -0.3 is 15.4 Å². The number of rotatable bonds is 2. The highest BCUT2D eigenvalue weighted by molar-refractivity contribution is 5.87. The lowest BCUT2D eigenvalue weighted by atomic mass is 9.90. The monoisotopic (exact) mass is 244 g/mol. The molecule has 0 unspecified atom stereocenters. The van der Waals surface area contributed by atoms with E-state index in [4.69, 9.17) is 0 Å². The average Bonchev–Trinajstić information content (AvgIpc) is 2.76. The lowest BCUT2D eigenvalue weighted by molar-refractivity contribution is 0.367. The molecule has 1 aliphatic rings.